The van der Waals surface area contributed by atoms with Gasteiger partial charge in [0.05, 0.1) is 12.2 Å². The Morgan fingerprint density at radius 2 is 2.04 bits per heavy atom. The molecule has 146 valence electrons. The van der Waals surface area contributed by atoms with Crippen LogP contribution in [0.1, 0.15) is 25.5 Å². The summed E-state index contributed by atoms with van der Waals surface area (Å²) < 4.78 is 0. The van der Waals surface area contributed by atoms with Crippen molar-refractivity contribution in [3.63, 3.8) is 0 Å². The normalized spacial score (nSPS) is 15.8. The van der Waals surface area contributed by atoms with E-state index >= 15 is 0 Å². The molecule has 1 aliphatic heterocycles. The topological polar surface area (TPSA) is 64.6 Å². The van der Waals surface area contributed by atoms with Gasteiger partial charge in [-0.1, -0.05) is 13.8 Å². The van der Waals surface area contributed by atoms with Crippen molar-refractivity contribution < 1.29 is 4.79 Å². The highest BCUT2D eigenvalue weighted by atomic mass is 32.1. The summed E-state index contributed by atoms with van der Waals surface area (Å²) in [5, 5.41) is 7.42. The van der Waals surface area contributed by atoms with E-state index in [1.807, 2.05) is 4.90 Å². The monoisotopic (exact) mass is 388 g/mol. The summed E-state index contributed by atoms with van der Waals surface area (Å²) in [5.41, 5.74) is 1.27. The molecule has 1 fully saturated rings. The number of hydrogen-bond acceptors (Lipinski definition) is 6. The van der Waals surface area contributed by atoms with Gasteiger partial charge in [0.15, 0.2) is 0 Å². The molecule has 2 aromatic rings. The van der Waals surface area contributed by atoms with Crippen molar-refractivity contribution in [2.24, 2.45) is 0 Å². The minimum absolute atomic E-state index is 0.0150. The van der Waals surface area contributed by atoms with Crippen LogP contribution in [0, 0.1) is 0 Å². The number of likely N-dealkylation sites (N-methyl/N-ethyl adjacent to an activating group) is 1. The molecule has 1 unspecified atom stereocenters. The second-order valence-electron chi connectivity index (χ2n) is 6.52. The van der Waals surface area contributed by atoms with Crippen molar-refractivity contribution >= 4 is 23.2 Å². The number of carbonyl (C=O) groups excluding carboxylic acids is 1. The molecule has 1 N–H and O–H groups in total. The number of thiophene rings is 1. The van der Waals surface area contributed by atoms with Gasteiger partial charge in [0.25, 0.3) is 0 Å². The van der Waals surface area contributed by atoms with Gasteiger partial charge in [-0.3, -0.25) is 9.88 Å². The minimum Gasteiger partial charge on any atom is -0.352 e. The van der Waals surface area contributed by atoms with Crippen LogP contribution in [0.2, 0.25) is 0 Å². The van der Waals surface area contributed by atoms with Crippen molar-refractivity contribution in [3.8, 4) is 0 Å². The zero-order valence-electron chi connectivity index (χ0n) is 16.0. The van der Waals surface area contributed by atoms with Crippen LogP contribution in [-0.4, -0.2) is 71.6 Å². The standard InChI is InChI=1S/C19H28N6OS/c1-3-23(4-2)17(16-5-12-27-15-16)13-22-19(26)25-10-8-24(9-11-25)18-14-20-6-7-21-18/h5-7,12,14-15,17H,3-4,8-11,13H2,1-2H3,(H,22,26). The number of carbonyl (C=O) groups is 1. The van der Waals surface area contributed by atoms with Crippen molar-refractivity contribution in [1.29, 1.82) is 0 Å². The van der Waals surface area contributed by atoms with E-state index in [0.29, 0.717) is 19.6 Å². The van der Waals surface area contributed by atoms with Gasteiger partial charge in [0.1, 0.15) is 5.82 Å². The van der Waals surface area contributed by atoms with Crippen LogP contribution in [0.4, 0.5) is 10.6 Å². The van der Waals surface area contributed by atoms with E-state index in [1.165, 1.54) is 5.56 Å². The Bertz CT molecular complexity index is 683. The third-order valence-electron chi connectivity index (χ3n) is 5.07. The molecule has 7 nitrogen and oxygen atoms in total. The fraction of sp³-hybridized carbons (Fsp3) is 0.526. The van der Waals surface area contributed by atoms with Crippen molar-refractivity contribution in [3.05, 3.63) is 41.0 Å². The molecule has 0 spiro atoms. The first-order valence-corrected chi connectivity index (χ1v) is 10.5. The maximum atomic E-state index is 12.7. The molecule has 3 heterocycles. The lowest BCUT2D eigenvalue weighted by Crippen LogP contribution is -2.53. The molecule has 0 aromatic carbocycles. The van der Waals surface area contributed by atoms with Gasteiger partial charge in [0.2, 0.25) is 0 Å². The predicted octanol–water partition coefficient (Wildman–Crippen LogP) is 2.45. The Balaban J connectivity index is 1.52. The highest BCUT2D eigenvalue weighted by molar-refractivity contribution is 7.07. The molecule has 0 saturated carbocycles. The third-order valence-corrected chi connectivity index (χ3v) is 5.77. The molecule has 1 atom stereocenters. The van der Waals surface area contributed by atoms with E-state index in [2.05, 4.69) is 55.8 Å². The van der Waals surface area contributed by atoms with Crippen LogP contribution < -0.4 is 10.2 Å². The minimum atomic E-state index is 0.0150. The number of hydrogen-bond donors (Lipinski definition) is 1. The molecule has 1 saturated heterocycles. The van der Waals surface area contributed by atoms with Gasteiger partial charge in [-0.2, -0.15) is 11.3 Å². The number of aromatic nitrogens is 2. The van der Waals surface area contributed by atoms with E-state index in [0.717, 1.165) is 32.0 Å². The van der Waals surface area contributed by atoms with Gasteiger partial charge < -0.3 is 15.1 Å². The van der Waals surface area contributed by atoms with Gasteiger partial charge in [-0.05, 0) is 35.5 Å². The smallest absolute Gasteiger partial charge is 0.317 e. The summed E-state index contributed by atoms with van der Waals surface area (Å²) in [7, 11) is 0. The van der Waals surface area contributed by atoms with Crippen molar-refractivity contribution in [2.45, 2.75) is 19.9 Å². The number of rotatable bonds is 7. The van der Waals surface area contributed by atoms with Crippen LogP contribution >= 0.6 is 11.3 Å². The van der Waals surface area contributed by atoms with E-state index in [-0.39, 0.29) is 12.1 Å². The molecular weight excluding hydrogens is 360 g/mol. The number of urea groups is 1. The largest absolute Gasteiger partial charge is 0.352 e. The highest BCUT2D eigenvalue weighted by Crippen LogP contribution is 2.22. The molecule has 8 heteroatoms. The Morgan fingerprint density at radius 3 is 2.63 bits per heavy atom. The van der Waals surface area contributed by atoms with Gasteiger partial charge >= 0.3 is 6.03 Å². The Kier molecular flexibility index (Phi) is 7.00. The predicted molar refractivity (Wildman–Crippen MR) is 109 cm³/mol. The van der Waals surface area contributed by atoms with Crippen LogP contribution in [0.5, 0.6) is 0 Å². The molecule has 27 heavy (non-hydrogen) atoms. The van der Waals surface area contributed by atoms with Crippen molar-refractivity contribution in [2.75, 3.05) is 50.7 Å². The molecular formula is C19H28N6OS. The van der Waals surface area contributed by atoms with E-state index in [4.69, 9.17) is 0 Å². The number of nitrogens with zero attached hydrogens (tertiary/aromatic N) is 5. The number of anilines is 1. The number of amides is 2. The Morgan fingerprint density at radius 1 is 1.26 bits per heavy atom. The quantitative estimate of drug-likeness (QED) is 0.789. The van der Waals surface area contributed by atoms with Crippen LogP contribution in [0.3, 0.4) is 0 Å². The van der Waals surface area contributed by atoms with E-state index < -0.39 is 0 Å². The van der Waals surface area contributed by atoms with Gasteiger partial charge in [-0.15, -0.1) is 0 Å². The highest BCUT2D eigenvalue weighted by Gasteiger charge is 2.24. The third kappa shape index (κ3) is 4.95. The van der Waals surface area contributed by atoms with E-state index in [9.17, 15) is 4.79 Å². The number of piperazine rings is 1. The zero-order valence-corrected chi connectivity index (χ0v) is 16.9. The summed E-state index contributed by atoms with van der Waals surface area (Å²) in [6.07, 6.45) is 5.14. The Labute approximate surface area is 165 Å². The van der Waals surface area contributed by atoms with Gasteiger partial charge in [-0.25, -0.2) is 9.78 Å². The molecule has 0 bridgehead atoms. The molecule has 0 radical (unpaired) electrons. The average molecular weight is 389 g/mol. The van der Waals surface area contributed by atoms with Crippen LogP contribution in [0.15, 0.2) is 35.4 Å². The fourth-order valence-electron chi connectivity index (χ4n) is 3.48. The molecule has 1 aliphatic rings. The summed E-state index contributed by atoms with van der Waals surface area (Å²) >= 11 is 1.70. The first kappa shape index (κ1) is 19.6. The molecule has 0 aliphatic carbocycles. The Hall–Kier alpha value is -2.19. The van der Waals surface area contributed by atoms with E-state index in [1.54, 1.807) is 29.9 Å². The van der Waals surface area contributed by atoms with Crippen LogP contribution in [0.25, 0.3) is 0 Å². The first-order chi connectivity index (χ1) is 13.2. The molecule has 3 rings (SSSR count). The van der Waals surface area contributed by atoms with Crippen LogP contribution in [-0.2, 0) is 0 Å². The maximum absolute atomic E-state index is 12.7. The summed E-state index contributed by atoms with van der Waals surface area (Å²) in [4.78, 5) is 27.6. The SMILES string of the molecule is CCN(CC)C(CNC(=O)N1CCN(c2cnccn2)CC1)c1ccsc1. The van der Waals surface area contributed by atoms with Crippen molar-refractivity contribution in [1.82, 2.24) is 25.1 Å². The first-order valence-electron chi connectivity index (χ1n) is 9.52. The lowest BCUT2D eigenvalue weighted by atomic mass is 10.1. The molecule has 2 amide bonds. The lowest BCUT2D eigenvalue weighted by Gasteiger charge is -2.36. The summed E-state index contributed by atoms with van der Waals surface area (Å²) in [5.74, 6) is 0.872. The van der Waals surface area contributed by atoms with Gasteiger partial charge in [0, 0.05) is 45.1 Å². The average Bonchev–Trinajstić information content (AvgIpc) is 3.26. The fourth-order valence-corrected chi connectivity index (χ4v) is 4.18. The second-order valence-corrected chi connectivity index (χ2v) is 7.30. The zero-order chi connectivity index (χ0) is 19.1. The number of nitrogens with one attached hydrogen (secondary N) is 1. The summed E-state index contributed by atoms with van der Waals surface area (Å²) in [6, 6.07) is 2.39. The summed E-state index contributed by atoms with van der Waals surface area (Å²) in [6.45, 7) is 9.81. The maximum Gasteiger partial charge on any atom is 0.317 e. The second kappa shape index (κ2) is 9.66. The molecule has 2 aromatic heterocycles. The lowest BCUT2D eigenvalue weighted by molar-refractivity contribution is 0.180.